The van der Waals surface area contributed by atoms with Crippen LogP contribution in [0.1, 0.15) is 0 Å². The fraction of sp³-hybridized carbons (Fsp3) is 0.0714. The maximum Gasteiger partial charge on any atom is 0.148 e. The van der Waals surface area contributed by atoms with Crippen LogP contribution in [-0.2, 0) is 9.91 Å². The molecular weight excluding hydrogens is 385 g/mol. The Hall–Kier alpha value is -0.710. The smallest absolute Gasteiger partial charge is 0.148 e. The third-order valence-corrected chi connectivity index (χ3v) is 8.15. The number of nitrogens with zero attached hydrogens (tertiary/aromatic N) is 1. The van der Waals surface area contributed by atoms with E-state index in [1.54, 1.807) is 22.6 Å². The average Bonchev–Trinajstić information content (AvgIpc) is 2.98. The predicted octanol–water partition coefficient (Wildman–Crippen LogP) is 4.70. The van der Waals surface area contributed by atoms with Gasteiger partial charge in [0.25, 0.3) is 0 Å². The highest BCUT2D eigenvalue weighted by Crippen LogP contribution is 2.40. The van der Waals surface area contributed by atoms with E-state index in [-0.39, 0.29) is 9.91 Å². The van der Waals surface area contributed by atoms with Gasteiger partial charge < -0.3 is 10.1 Å². The average molecular weight is 399 g/mol. The van der Waals surface area contributed by atoms with Gasteiger partial charge in [-0.3, -0.25) is 0 Å². The minimum absolute atomic E-state index is 0.253. The van der Waals surface area contributed by atoms with Gasteiger partial charge in [-0.25, -0.2) is 5.84 Å². The van der Waals surface area contributed by atoms with E-state index >= 15 is 0 Å². The lowest BCUT2D eigenvalue weighted by Crippen LogP contribution is -2.25. The van der Waals surface area contributed by atoms with Gasteiger partial charge in [-0.15, -0.1) is 11.8 Å². The standard InChI is InChI=1S/C14H14N4S5/c15-16-14(19)21-9-20-11-7-5-10(6-8-11)17-23-18-12-3-1-2-4-13(12)22-23/h1-8H,9,15H2,(H,16,19)(H,17,18). The van der Waals surface area contributed by atoms with Crippen molar-refractivity contribution in [1.29, 1.82) is 0 Å². The fourth-order valence-corrected chi connectivity index (χ4v) is 6.87. The SMILES string of the molecule is NNC(=S)SCSc1ccc(NS2=Nc3ccccc3S2)cc1. The summed E-state index contributed by atoms with van der Waals surface area (Å²) in [5.41, 5.74) is 4.62. The third kappa shape index (κ3) is 4.88. The Balaban J connectivity index is 1.54. The van der Waals surface area contributed by atoms with Gasteiger partial charge in [0.2, 0.25) is 0 Å². The van der Waals surface area contributed by atoms with Crippen molar-refractivity contribution in [2.45, 2.75) is 9.79 Å². The number of hydrogen-bond acceptors (Lipinski definition) is 7. The second kappa shape index (κ2) is 8.41. The number of nitrogens with two attached hydrogens (primary N) is 1. The molecule has 4 nitrogen and oxygen atoms in total. The van der Waals surface area contributed by atoms with Gasteiger partial charge in [-0.2, -0.15) is 4.36 Å². The zero-order chi connectivity index (χ0) is 16.1. The summed E-state index contributed by atoms with van der Waals surface area (Å²) in [5, 5.41) is 0.834. The van der Waals surface area contributed by atoms with Crippen molar-refractivity contribution in [2.75, 3.05) is 9.81 Å². The first-order chi connectivity index (χ1) is 11.2. The normalized spacial score (nSPS) is 15.6. The predicted molar refractivity (Wildman–Crippen MR) is 110 cm³/mol. The molecule has 0 bridgehead atoms. The maximum atomic E-state index is 5.24. The molecule has 1 unspecified atom stereocenters. The molecule has 1 atom stereocenters. The Bertz CT molecular complexity index is 732. The van der Waals surface area contributed by atoms with Crippen molar-refractivity contribution >= 4 is 72.1 Å². The summed E-state index contributed by atoms with van der Waals surface area (Å²) in [4.78, 5) is 2.43. The van der Waals surface area contributed by atoms with Crippen LogP contribution in [0, 0.1) is 0 Å². The van der Waals surface area contributed by atoms with Crippen LogP contribution < -0.4 is 16.0 Å². The Morgan fingerprint density at radius 1 is 1.22 bits per heavy atom. The van der Waals surface area contributed by atoms with Crippen LogP contribution in [0.5, 0.6) is 0 Å². The molecule has 0 spiro atoms. The summed E-state index contributed by atoms with van der Waals surface area (Å²) >= 11 is 8.24. The van der Waals surface area contributed by atoms with Gasteiger partial charge in [0.05, 0.1) is 20.7 Å². The highest BCUT2D eigenvalue weighted by molar-refractivity contribution is 8.70. The molecule has 2 aromatic carbocycles. The molecule has 0 saturated heterocycles. The molecule has 0 radical (unpaired) electrons. The number of hydrogen-bond donors (Lipinski definition) is 3. The van der Waals surface area contributed by atoms with E-state index < -0.39 is 0 Å². The van der Waals surface area contributed by atoms with Crippen molar-refractivity contribution in [3.63, 3.8) is 0 Å². The highest BCUT2D eigenvalue weighted by Gasteiger charge is 2.13. The molecule has 120 valence electrons. The first-order valence-electron chi connectivity index (χ1n) is 6.61. The molecule has 3 rings (SSSR count). The number of hydrazine groups is 1. The van der Waals surface area contributed by atoms with E-state index in [9.17, 15) is 0 Å². The van der Waals surface area contributed by atoms with Crippen molar-refractivity contribution < 1.29 is 0 Å². The molecule has 1 aliphatic heterocycles. The number of fused-ring (bicyclic) bond motifs is 1. The number of thiocarbonyl (C=S) groups is 1. The van der Waals surface area contributed by atoms with Crippen LogP contribution in [0.2, 0.25) is 0 Å². The van der Waals surface area contributed by atoms with Crippen molar-refractivity contribution in [2.24, 2.45) is 10.2 Å². The van der Waals surface area contributed by atoms with Crippen LogP contribution >= 0.6 is 46.5 Å². The van der Waals surface area contributed by atoms with E-state index in [2.05, 4.69) is 50.9 Å². The molecule has 2 aromatic rings. The van der Waals surface area contributed by atoms with Crippen LogP contribution in [0.25, 0.3) is 0 Å². The van der Waals surface area contributed by atoms with Gasteiger partial charge in [0, 0.05) is 15.5 Å². The van der Waals surface area contributed by atoms with Gasteiger partial charge in [-0.1, -0.05) is 36.1 Å². The van der Waals surface area contributed by atoms with Gasteiger partial charge in [-0.05, 0) is 47.2 Å². The Labute approximate surface area is 155 Å². The van der Waals surface area contributed by atoms with E-state index in [1.165, 1.54) is 21.6 Å². The molecule has 23 heavy (non-hydrogen) atoms. The molecule has 1 heterocycles. The Morgan fingerprint density at radius 2 is 2.00 bits per heavy atom. The van der Waals surface area contributed by atoms with Crippen LogP contribution in [-0.4, -0.2) is 9.41 Å². The molecule has 4 N–H and O–H groups in total. The van der Waals surface area contributed by atoms with Crippen molar-refractivity contribution in [3.8, 4) is 0 Å². The highest BCUT2D eigenvalue weighted by atomic mass is 33.1. The first kappa shape index (κ1) is 17.1. The van der Waals surface area contributed by atoms with Crippen molar-refractivity contribution in [3.05, 3.63) is 48.5 Å². The Morgan fingerprint density at radius 3 is 2.74 bits per heavy atom. The number of rotatable bonds is 5. The number of anilines is 1. The first-order valence-corrected chi connectivity index (χ1v) is 11.5. The summed E-state index contributed by atoms with van der Waals surface area (Å²) in [5.74, 6) is 5.24. The fourth-order valence-electron chi connectivity index (χ4n) is 1.75. The van der Waals surface area contributed by atoms with E-state index in [0.29, 0.717) is 4.32 Å². The lowest BCUT2D eigenvalue weighted by atomic mass is 10.3. The molecule has 0 aliphatic carbocycles. The van der Waals surface area contributed by atoms with E-state index in [1.807, 2.05) is 12.1 Å². The summed E-state index contributed by atoms with van der Waals surface area (Å²) in [6.45, 7) is 0. The minimum atomic E-state index is -0.253. The van der Waals surface area contributed by atoms with Crippen LogP contribution in [0.15, 0.2) is 62.7 Å². The molecule has 9 heteroatoms. The maximum absolute atomic E-state index is 5.24. The Kier molecular flexibility index (Phi) is 6.26. The molecule has 1 aliphatic rings. The minimum Gasteiger partial charge on any atom is -0.312 e. The largest absolute Gasteiger partial charge is 0.312 e. The lowest BCUT2D eigenvalue weighted by Gasteiger charge is -2.07. The zero-order valence-corrected chi connectivity index (χ0v) is 16.0. The van der Waals surface area contributed by atoms with Crippen molar-refractivity contribution in [1.82, 2.24) is 5.43 Å². The third-order valence-electron chi connectivity index (χ3n) is 2.81. The molecule has 0 saturated carbocycles. The van der Waals surface area contributed by atoms with Gasteiger partial charge in [0.1, 0.15) is 4.32 Å². The second-order valence-corrected chi connectivity index (χ2v) is 10.4. The van der Waals surface area contributed by atoms with Gasteiger partial charge in [0.15, 0.2) is 0 Å². The summed E-state index contributed by atoms with van der Waals surface area (Å²) in [6.07, 6.45) is 0. The number of nitrogens with one attached hydrogen (secondary N) is 2. The zero-order valence-electron chi connectivity index (χ0n) is 11.9. The quantitative estimate of drug-likeness (QED) is 0.168. The molecule has 0 aromatic heterocycles. The van der Waals surface area contributed by atoms with E-state index in [0.717, 1.165) is 16.5 Å². The molecular formula is C14H14N4S5. The lowest BCUT2D eigenvalue weighted by molar-refractivity contribution is 1.07. The molecule has 0 amide bonds. The number of thioether (sulfide) groups is 2. The summed E-state index contributed by atoms with van der Waals surface area (Å²) in [7, 11) is 1.51. The second-order valence-electron chi connectivity index (χ2n) is 4.36. The topological polar surface area (TPSA) is 62.4 Å². The number of benzene rings is 2. The summed E-state index contributed by atoms with van der Waals surface area (Å²) in [6, 6.07) is 16.6. The monoisotopic (exact) mass is 398 g/mol. The molecule has 0 fully saturated rings. The van der Waals surface area contributed by atoms with E-state index in [4.69, 9.17) is 18.1 Å². The summed E-state index contributed by atoms with van der Waals surface area (Å²) < 4.78 is 8.75. The van der Waals surface area contributed by atoms with Crippen LogP contribution in [0.4, 0.5) is 11.4 Å². The van der Waals surface area contributed by atoms with Gasteiger partial charge >= 0.3 is 0 Å². The van der Waals surface area contributed by atoms with Crippen LogP contribution in [0.3, 0.4) is 0 Å².